The molecule has 1 saturated carbocycles. The molecule has 1 aromatic carbocycles. The van der Waals surface area contributed by atoms with Gasteiger partial charge < -0.3 is 19.4 Å². The number of piperidine rings is 1. The molecule has 7 nitrogen and oxygen atoms in total. The lowest BCUT2D eigenvalue weighted by molar-refractivity contribution is -0.122. The summed E-state index contributed by atoms with van der Waals surface area (Å²) >= 11 is 6.24. The zero-order valence-corrected chi connectivity index (χ0v) is 20.8. The van der Waals surface area contributed by atoms with Crippen molar-refractivity contribution in [2.24, 2.45) is 0 Å². The number of hydrogen-bond donors (Lipinski definition) is 1. The number of halogens is 1. The Bertz CT molecular complexity index is 1240. The van der Waals surface area contributed by atoms with Crippen LogP contribution in [-0.4, -0.2) is 52.1 Å². The number of nitrogens with zero attached hydrogens (tertiary/aromatic N) is 3. The standard InChI is InChI=1S/C27H33ClN4O3/c28-21-8-4-7-20(15-21)25-18-31-17-23(35-14-6-13-30-11-2-1-3-12-30)16-24(31)27(34)32(25)19-26(33)29-22-9-5-10-22/h4,7-8,15-18,22H,1-3,5-6,9-14,19H2,(H,29,33). The van der Waals surface area contributed by atoms with E-state index in [1.165, 1.54) is 36.9 Å². The number of aromatic nitrogens is 2. The van der Waals surface area contributed by atoms with Crippen LogP contribution in [0.15, 0.2) is 47.5 Å². The molecule has 1 aliphatic heterocycles. The molecule has 0 bridgehead atoms. The van der Waals surface area contributed by atoms with Gasteiger partial charge in [-0.2, -0.15) is 0 Å². The van der Waals surface area contributed by atoms with E-state index < -0.39 is 0 Å². The van der Waals surface area contributed by atoms with Crippen molar-refractivity contribution >= 4 is 23.0 Å². The first-order chi connectivity index (χ1) is 17.1. The maximum absolute atomic E-state index is 13.5. The van der Waals surface area contributed by atoms with Crippen LogP contribution < -0.4 is 15.6 Å². The molecule has 2 fully saturated rings. The number of benzene rings is 1. The third kappa shape index (κ3) is 5.73. The SMILES string of the molecule is O=C(Cn1c(-c2cccc(Cl)c2)cn2cc(OCCCN3CCCCC3)cc2c1=O)NC1CCC1. The van der Waals surface area contributed by atoms with Crippen LogP contribution in [0.4, 0.5) is 0 Å². The van der Waals surface area contributed by atoms with Crippen LogP contribution in [0.1, 0.15) is 44.9 Å². The fraction of sp³-hybridized carbons (Fsp3) is 0.481. The van der Waals surface area contributed by atoms with Gasteiger partial charge in [0.2, 0.25) is 5.91 Å². The van der Waals surface area contributed by atoms with Crippen LogP contribution >= 0.6 is 11.6 Å². The normalized spacial score (nSPS) is 16.8. The first kappa shape index (κ1) is 23.9. The van der Waals surface area contributed by atoms with Crippen molar-refractivity contribution in [3.05, 3.63) is 58.1 Å². The molecule has 1 N–H and O–H groups in total. The first-order valence-corrected chi connectivity index (χ1v) is 13.1. The van der Waals surface area contributed by atoms with Gasteiger partial charge in [-0.1, -0.05) is 30.2 Å². The molecule has 8 heteroatoms. The summed E-state index contributed by atoms with van der Waals surface area (Å²) in [4.78, 5) is 28.8. The second-order valence-corrected chi connectivity index (χ2v) is 10.1. The lowest BCUT2D eigenvalue weighted by Gasteiger charge is -2.26. The van der Waals surface area contributed by atoms with Gasteiger partial charge in [0.1, 0.15) is 17.8 Å². The van der Waals surface area contributed by atoms with E-state index in [-0.39, 0.29) is 24.1 Å². The lowest BCUT2D eigenvalue weighted by atomic mass is 9.93. The van der Waals surface area contributed by atoms with Crippen molar-refractivity contribution in [3.63, 3.8) is 0 Å². The summed E-state index contributed by atoms with van der Waals surface area (Å²) in [5.74, 6) is 0.514. The summed E-state index contributed by atoms with van der Waals surface area (Å²) in [5.41, 5.74) is 1.68. The number of ether oxygens (including phenoxy) is 1. The summed E-state index contributed by atoms with van der Waals surface area (Å²) in [6, 6.07) is 9.33. The van der Waals surface area contributed by atoms with E-state index in [0.29, 0.717) is 28.6 Å². The number of amides is 1. The molecule has 0 unspecified atom stereocenters. The maximum atomic E-state index is 13.5. The van der Waals surface area contributed by atoms with Crippen LogP contribution in [0.25, 0.3) is 16.8 Å². The van der Waals surface area contributed by atoms with Crippen molar-refractivity contribution in [3.8, 4) is 17.0 Å². The number of carbonyl (C=O) groups excluding carboxylic acids is 1. The highest BCUT2D eigenvalue weighted by molar-refractivity contribution is 6.30. The average Bonchev–Trinajstić information content (AvgIpc) is 3.25. The molecule has 186 valence electrons. The Labute approximate surface area is 210 Å². The fourth-order valence-electron chi connectivity index (χ4n) is 4.93. The lowest BCUT2D eigenvalue weighted by Crippen LogP contribution is -2.42. The number of hydrogen-bond acceptors (Lipinski definition) is 4. The molecule has 3 aromatic rings. The van der Waals surface area contributed by atoms with Crippen LogP contribution in [0, 0.1) is 0 Å². The van der Waals surface area contributed by atoms with Crippen LogP contribution in [0.2, 0.25) is 5.02 Å². The van der Waals surface area contributed by atoms with E-state index in [2.05, 4.69) is 10.2 Å². The van der Waals surface area contributed by atoms with Crippen molar-refractivity contribution < 1.29 is 9.53 Å². The van der Waals surface area contributed by atoms with Gasteiger partial charge in [0.05, 0.1) is 18.5 Å². The van der Waals surface area contributed by atoms with Gasteiger partial charge in [0.25, 0.3) is 5.56 Å². The van der Waals surface area contributed by atoms with Crippen molar-refractivity contribution in [1.29, 1.82) is 0 Å². The van der Waals surface area contributed by atoms with Gasteiger partial charge >= 0.3 is 0 Å². The van der Waals surface area contributed by atoms with E-state index in [1.807, 2.05) is 30.6 Å². The van der Waals surface area contributed by atoms with E-state index in [9.17, 15) is 9.59 Å². The molecule has 0 atom stereocenters. The molecule has 0 radical (unpaired) electrons. The Morgan fingerprint density at radius 2 is 1.91 bits per heavy atom. The largest absolute Gasteiger partial charge is 0.492 e. The molecule has 3 heterocycles. The highest BCUT2D eigenvalue weighted by Crippen LogP contribution is 2.25. The molecule has 2 aliphatic rings. The van der Waals surface area contributed by atoms with Crippen LogP contribution in [0.3, 0.4) is 0 Å². The summed E-state index contributed by atoms with van der Waals surface area (Å²) < 4.78 is 9.33. The third-order valence-electron chi connectivity index (χ3n) is 7.07. The van der Waals surface area contributed by atoms with Gasteiger partial charge in [-0.15, -0.1) is 0 Å². The zero-order chi connectivity index (χ0) is 24.2. The third-order valence-corrected chi connectivity index (χ3v) is 7.30. The number of carbonyl (C=O) groups is 1. The topological polar surface area (TPSA) is 68.0 Å². The number of nitrogens with one attached hydrogen (secondary N) is 1. The Morgan fingerprint density at radius 1 is 1.09 bits per heavy atom. The zero-order valence-electron chi connectivity index (χ0n) is 20.0. The summed E-state index contributed by atoms with van der Waals surface area (Å²) in [5, 5.41) is 3.61. The van der Waals surface area contributed by atoms with Gasteiger partial charge in [-0.3, -0.25) is 14.2 Å². The number of fused-ring (bicyclic) bond motifs is 1. The number of rotatable bonds is 9. The van der Waals surface area contributed by atoms with Gasteiger partial charge in [0, 0.05) is 35.4 Å². The fourth-order valence-corrected chi connectivity index (χ4v) is 5.12. The first-order valence-electron chi connectivity index (χ1n) is 12.7. The minimum atomic E-state index is -0.227. The van der Waals surface area contributed by atoms with E-state index in [4.69, 9.17) is 16.3 Å². The monoisotopic (exact) mass is 496 g/mol. The second-order valence-electron chi connectivity index (χ2n) is 9.68. The maximum Gasteiger partial charge on any atom is 0.275 e. The van der Waals surface area contributed by atoms with Gasteiger partial charge in [-0.05, 0) is 63.7 Å². The summed E-state index contributed by atoms with van der Waals surface area (Å²) in [6.07, 6.45) is 11.7. The molecule has 5 rings (SSSR count). The van der Waals surface area contributed by atoms with E-state index in [0.717, 1.165) is 37.8 Å². The average molecular weight is 497 g/mol. The molecule has 1 aliphatic carbocycles. The van der Waals surface area contributed by atoms with Crippen molar-refractivity contribution in [2.75, 3.05) is 26.2 Å². The molecule has 0 spiro atoms. The van der Waals surface area contributed by atoms with E-state index >= 15 is 0 Å². The highest BCUT2D eigenvalue weighted by Gasteiger charge is 2.21. The summed E-state index contributed by atoms with van der Waals surface area (Å²) in [7, 11) is 0. The van der Waals surface area contributed by atoms with Crippen molar-refractivity contribution in [2.45, 2.75) is 57.5 Å². The highest BCUT2D eigenvalue weighted by atomic mass is 35.5. The Hall–Kier alpha value is -2.77. The molecule has 2 aromatic heterocycles. The predicted octanol–water partition coefficient (Wildman–Crippen LogP) is 4.34. The second kappa shape index (κ2) is 10.9. The van der Waals surface area contributed by atoms with Crippen molar-refractivity contribution in [1.82, 2.24) is 19.2 Å². The molecule has 35 heavy (non-hydrogen) atoms. The smallest absolute Gasteiger partial charge is 0.275 e. The van der Waals surface area contributed by atoms with E-state index in [1.54, 1.807) is 16.5 Å². The predicted molar refractivity (Wildman–Crippen MR) is 138 cm³/mol. The van der Waals surface area contributed by atoms with Gasteiger partial charge in [0.15, 0.2) is 0 Å². The Kier molecular flexibility index (Phi) is 7.44. The minimum absolute atomic E-state index is 0.0368. The summed E-state index contributed by atoms with van der Waals surface area (Å²) in [6.45, 7) is 3.96. The molecule has 1 amide bonds. The van der Waals surface area contributed by atoms with Gasteiger partial charge in [-0.25, -0.2) is 0 Å². The Balaban J connectivity index is 1.37. The molecular weight excluding hydrogens is 464 g/mol. The quantitative estimate of drug-likeness (QED) is 0.447. The Morgan fingerprint density at radius 3 is 2.66 bits per heavy atom. The van der Waals surface area contributed by atoms with Crippen LogP contribution in [-0.2, 0) is 11.3 Å². The molecule has 1 saturated heterocycles. The van der Waals surface area contributed by atoms with Crippen LogP contribution in [0.5, 0.6) is 5.75 Å². The number of likely N-dealkylation sites (tertiary alicyclic amines) is 1. The molecular formula is C27H33ClN4O3. The minimum Gasteiger partial charge on any atom is -0.492 e.